The van der Waals surface area contributed by atoms with E-state index in [9.17, 15) is 9.18 Å². The fraction of sp³-hybridized carbons (Fsp3) is 0.111. The average Bonchev–Trinajstić information content (AvgIpc) is 3.03. The summed E-state index contributed by atoms with van der Waals surface area (Å²) in [6.45, 7) is 1.95. The molecule has 0 spiro atoms. The van der Waals surface area contributed by atoms with Crippen molar-refractivity contribution in [1.29, 1.82) is 0 Å². The number of anilines is 1. The fourth-order valence-electron chi connectivity index (χ4n) is 2.31. The van der Waals surface area contributed by atoms with E-state index in [1.54, 1.807) is 19.2 Å². The Hall–Kier alpha value is -2.73. The molecular weight excluding hydrogens is 327 g/mol. The van der Waals surface area contributed by atoms with E-state index in [1.165, 1.54) is 23.5 Å². The highest BCUT2D eigenvalue weighted by molar-refractivity contribution is 7.14. The molecular formula is C18H15FN2O2S. The first kappa shape index (κ1) is 16.1. The third-order valence-electron chi connectivity index (χ3n) is 3.53. The van der Waals surface area contributed by atoms with E-state index < -0.39 is 11.7 Å². The summed E-state index contributed by atoms with van der Waals surface area (Å²) in [5, 5.41) is 4.90. The highest BCUT2D eigenvalue weighted by atomic mass is 32.1. The maximum atomic E-state index is 13.6. The molecule has 0 bridgehead atoms. The van der Waals surface area contributed by atoms with Gasteiger partial charge in [0.05, 0.1) is 18.4 Å². The predicted octanol–water partition coefficient (Wildman–Crippen LogP) is 4.52. The van der Waals surface area contributed by atoms with E-state index >= 15 is 0 Å². The zero-order chi connectivity index (χ0) is 17.1. The van der Waals surface area contributed by atoms with Gasteiger partial charge >= 0.3 is 0 Å². The lowest BCUT2D eigenvalue weighted by Gasteiger charge is -2.05. The molecule has 1 aromatic heterocycles. The predicted molar refractivity (Wildman–Crippen MR) is 93.2 cm³/mol. The van der Waals surface area contributed by atoms with Crippen LogP contribution in [-0.4, -0.2) is 18.0 Å². The Balaban J connectivity index is 1.80. The summed E-state index contributed by atoms with van der Waals surface area (Å²) in [7, 11) is 1.63. The Morgan fingerprint density at radius 3 is 2.75 bits per heavy atom. The van der Waals surface area contributed by atoms with Gasteiger partial charge in [0.15, 0.2) is 5.13 Å². The minimum atomic E-state index is -0.558. The van der Waals surface area contributed by atoms with Crippen LogP contribution in [0.1, 0.15) is 15.9 Å². The minimum Gasteiger partial charge on any atom is -0.496 e. The Morgan fingerprint density at radius 1 is 1.25 bits per heavy atom. The van der Waals surface area contributed by atoms with Gasteiger partial charge in [0.2, 0.25) is 0 Å². The van der Waals surface area contributed by atoms with Gasteiger partial charge in [-0.25, -0.2) is 9.37 Å². The molecule has 4 nitrogen and oxygen atoms in total. The monoisotopic (exact) mass is 342 g/mol. The number of hydrogen-bond donors (Lipinski definition) is 1. The second kappa shape index (κ2) is 6.80. The van der Waals surface area contributed by atoms with Gasteiger partial charge in [0, 0.05) is 10.9 Å². The van der Waals surface area contributed by atoms with Gasteiger partial charge in [0.1, 0.15) is 11.6 Å². The Kier molecular flexibility index (Phi) is 4.57. The van der Waals surface area contributed by atoms with Crippen LogP contribution >= 0.6 is 11.3 Å². The Morgan fingerprint density at radius 2 is 2.04 bits per heavy atom. The molecule has 1 N–H and O–H groups in total. The van der Waals surface area contributed by atoms with Crippen LogP contribution in [0.5, 0.6) is 5.75 Å². The van der Waals surface area contributed by atoms with Gasteiger partial charge < -0.3 is 4.74 Å². The maximum Gasteiger partial charge on any atom is 0.260 e. The number of nitrogens with zero attached hydrogens (tertiary/aromatic N) is 1. The summed E-state index contributed by atoms with van der Waals surface area (Å²) in [5.41, 5.74) is 2.67. The van der Waals surface area contributed by atoms with E-state index in [0.29, 0.717) is 5.13 Å². The van der Waals surface area contributed by atoms with Crippen molar-refractivity contribution in [3.63, 3.8) is 0 Å². The summed E-state index contributed by atoms with van der Waals surface area (Å²) >= 11 is 1.29. The first-order chi connectivity index (χ1) is 11.6. The lowest BCUT2D eigenvalue weighted by Crippen LogP contribution is -2.13. The number of benzene rings is 2. The molecule has 0 saturated carbocycles. The molecule has 3 aromatic rings. The van der Waals surface area contributed by atoms with Crippen LogP contribution in [0.2, 0.25) is 0 Å². The van der Waals surface area contributed by atoms with Crippen LogP contribution in [0.4, 0.5) is 9.52 Å². The summed E-state index contributed by atoms with van der Waals surface area (Å²) in [6, 6.07) is 11.6. The van der Waals surface area contributed by atoms with Crippen molar-refractivity contribution in [2.45, 2.75) is 6.92 Å². The van der Waals surface area contributed by atoms with Gasteiger partial charge in [-0.1, -0.05) is 12.1 Å². The topological polar surface area (TPSA) is 51.2 Å². The molecule has 122 valence electrons. The minimum absolute atomic E-state index is 0.00505. The number of aryl methyl sites for hydroxylation is 1. The number of halogens is 1. The number of methoxy groups -OCH3 is 1. The second-order valence-electron chi connectivity index (χ2n) is 5.16. The summed E-state index contributed by atoms with van der Waals surface area (Å²) in [5.74, 6) is -0.264. The molecule has 6 heteroatoms. The molecule has 24 heavy (non-hydrogen) atoms. The molecule has 0 aliphatic rings. The van der Waals surface area contributed by atoms with Crippen LogP contribution < -0.4 is 10.1 Å². The van der Waals surface area contributed by atoms with Crippen LogP contribution in [0, 0.1) is 12.7 Å². The summed E-state index contributed by atoms with van der Waals surface area (Å²) in [4.78, 5) is 16.5. The third-order valence-corrected chi connectivity index (χ3v) is 4.29. The quantitative estimate of drug-likeness (QED) is 0.758. The van der Waals surface area contributed by atoms with Gasteiger partial charge in [-0.15, -0.1) is 11.3 Å². The van der Waals surface area contributed by atoms with Crippen molar-refractivity contribution < 1.29 is 13.9 Å². The van der Waals surface area contributed by atoms with Crippen LogP contribution in [-0.2, 0) is 0 Å². The number of aromatic nitrogens is 1. The van der Waals surface area contributed by atoms with E-state index in [0.717, 1.165) is 22.6 Å². The third kappa shape index (κ3) is 3.28. The molecule has 3 rings (SSSR count). The zero-order valence-electron chi connectivity index (χ0n) is 13.2. The first-order valence-electron chi connectivity index (χ1n) is 7.25. The number of thiazole rings is 1. The van der Waals surface area contributed by atoms with Crippen molar-refractivity contribution in [3.05, 3.63) is 64.8 Å². The highest BCUT2D eigenvalue weighted by Gasteiger charge is 2.13. The molecule has 0 fully saturated rings. The largest absolute Gasteiger partial charge is 0.496 e. The smallest absolute Gasteiger partial charge is 0.260 e. The van der Waals surface area contributed by atoms with E-state index in [-0.39, 0.29) is 5.56 Å². The van der Waals surface area contributed by atoms with Crippen LogP contribution in [0.25, 0.3) is 11.3 Å². The molecule has 1 heterocycles. The lowest BCUT2D eigenvalue weighted by molar-refractivity contribution is 0.102. The standard InChI is InChI=1S/C18H15FN2O2S/c1-11-9-12(7-8-16(11)23-2)15-10-24-18(20-15)21-17(22)13-5-3-4-6-14(13)19/h3-10H,1-2H3,(H,20,21,22). The van der Waals surface area contributed by atoms with E-state index in [1.807, 2.05) is 30.5 Å². The molecule has 0 unspecified atom stereocenters. The number of hydrogen-bond acceptors (Lipinski definition) is 4. The summed E-state index contributed by atoms with van der Waals surface area (Å²) in [6.07, 6.45) is 0. The van der Waals surface area contributed by atoms with Crippen LogP contribution in [0.3, 0.4) is 0 Å². The van der Waals surface area contributed by atoms with Gasteiger partial charge in [-0.2, -0.15) is 0 Å². The normalized spacial score (nSPS) is 10.5. The Bertz CT molecular complexity index is 892. The zero-order valence-corrected chi connectivity index (χ0v) is 14.0. The Labute approximate surface area is 142 Å². The van der Waals surface area contributed by atoms with Crippen molar-refractivity contribution in [1.82, 2.24) is 4.98 Å². The molecule has 0 radical (unpaired) electrons. The lowest BCUT2D eigenvalue weighted by atomic mass is 10.1. The molecule has 0 aliphatic carbocycles. The summed E-state index contributed by atoms with van der Waals surface area (Å²) < 4.78 is 18.9. The number of carbonyl (C=O) groups excluding carboxylic acids is 1. The molecule has 0 aliphatic heterocycles. The molecule has 0 atom stereocenters. The van der Waals surface area contributed by atoms with Crippen LogP contribution in [0.15, 0.2) is 47.8 Å². The van der Waals surface area contributed by atoms with Crippen molar-refractivity contribution >= 4 is 22.4 Å². The molecule has 0 saturated heterocycles. The fourth-order valence-corrected chi connectivity index (χ4v) is 3.03. The van der Waals surface area contributed by atoms with Crippen molar-refractivity contribution in [2.75, 3.05) is 12.4 Å². The number of amides is 1. The van der Waals surface area contributed by atoms with Gasteiger partial charge in [0.25, 0.3) is 5.91 Å². The first-order valence-corrected chi connectivity index (χ1v) is 8.13. The number of ether oxygens (including phenoxy) is 1. The number of nitrogens with one attached hydrogen (secondary N) is 1. The second-order valence-corrected chi connectivity index (χ2v) is 6.01. The van der Waals surface area contributed by atoms with E-state index in [2.05, 4.69) is 10.3 Å². The van der Waals surface area contributed by atoms with Gasteiger partial charge in [-0.3, -0.25) is 10.1 Å². The van der Waals surface area contributed by atoms with Crippen molar-refractivity contribution in [2.24, 2.45) is 0 Å². The molecule has 2 aromatic carbocycles. The van der Waals surface area contributed by atoms with Gasteiger partial charge in [-0.05, 0) is 42.8 Å². The number of rotatable bonds is 4. The van der Waals surface area contributed by atoms with E-state index in [4.69, 9.17) is 4.74 Å². The average molecular weight is 342 g/mol. The molecule has 1 amide bonds. The SMILES string of the molecule is COc1ccc(-c2csc(NC(=O)c3ccccc3F)n2)cc1C. The number of carbonyl (C=O) groups is 1. The highest BCUT2D eigenvalue weighted by Crippen LogP contribution is 2.29. The maximum absolute atomic E-state index is 13.6. The van der Waals surface area contributed by atoms with Crippen molar-refractivity contribution in [3.8, 4) is 17.0 Å².